The lowest BCUT2D eigenvalue weighted by Crippen LogP contribution is -2.35. The van der Waals surface area contributed by atoms with Crippen molar-refractivity contribution in [2.24, 2.45) is 0 Å². The number of sulfone groups is 1. The van der Waals surface area contributed by atoms with E-state index >= 15 is 0 Å². The Morgan fingerprint density at radius 1 is 1.22 bits per heavy atom. The number of terminal acetylenes is 1. The molecule has 0 saturated carbocycles. The normalized spacial score (nSPS) is 19.7. The summed E-state index contributed by atoms with van der Waals surface area (Å²) in [6.07, 6.45) is 6.08. The highest BCUT2D eigenvalue weighted by Gasteiger charge is 2.32. The van der Waals surface area contributed by atoms with Crippen LogP contribution in [0.4, 0.5) is 0 Å². The lowest BCUT2D eigenvalue weighted by molar-refractivity contribution is 0.213. The maximum Gasteiger partial charge on any atom is 0.151 e. The summed E-state index contributed by atoms with van der Waals surface area (Å²) in [6, 6.07) is 13.7. The van der Waals surface area contributed by atoms with Crippen molar-refractivity contribution in [3.05, 3.63) is 48.2 Å². The zero-order valence-corrected chi connectivity index (χ0v) is 13.6. The van der Waals surface area contributed by atoms with Gasteiger partial charge in [0.15, 0.2) is 9.84 Å². The van der Waals surface area contributed by atoms with Crippen LogP contribution in [0.2, 0.25) is 0 Å². The van der Waals surface area contributed by atoms with Gasteiger partial charge in [0, 0.05) is 11.6 Å². The Bertz CT molecular complexity index is 802. The first-order valence-electron chi connectivity index (χ1n) is 7.59. The molecule has 5 heteroatoms. The van der Waals surface area contributed by atoms with Gasteiger partial charge in [-0.15, -0.1) is 6.42 Å². The lowest BCUT2D eigenvalue weighted by atomic mass is 10.2. The molecule has 1 fully saturated rings. The predicted molar refractivity (Wildman–Crippen MR) is 90.4 cm³/mol. The van der Waals surface area contributed by atoms with Gasteiger partial charge < -0.3 is 4.42 Å². The molecule has 2 aromatic rings. The second kappa shape index (κ2) is 6.61. The molecule has 4 nitrogen and oxygen atoms in total. The molecule has 1 aliphatic rings. The molecule has 0 amide bonds. The summed E-state index contributed by atoms with van der Waals surface area (Å²) in [4.78, 5) is 2.01. The van der Waals surface area contributed by atoms with Crippen molar-refractivity contribution in [1.29, 1.82) is 0 Å². The van der Waals surface area contributed by atoms with Gasteiger partial charge in [0.25, 0.3) is 0 Å². The Morgan fingerprint density at radius 2 is 2.00 bits per heavy atom. The molecule has 3 rings (SSSR count). The molecule has 2 heterocycles. The second-order valence-corrected chi connectivity index (χ2v) is 8.03. The highest BCUT2D eigenvalue weighted by molar-refractivity contribution is 7.91. The third kappa shape index (κ3) is 3.84. The molecule has 23 heavy (non-hydrogen) atoms. The van der Waals surface area contributed by atoms with Gasteiger partial charge in [-0.3, -0.25) is 4.90 Å². The largest absolute Gasteiger partial charge is 0.460 e. The fourth-order valence-electron chi connectivity index (χ4n) is 2.92. The van der Waals surface area contributed by atoms with Crippen molar-refractivity contribution in [3.63, 3.8) is 0 Å². The number of hydrogen-bond donors (Lipinski definition) is 0. The van der Waals surface area contributed by atoms with Crippen LogP contribution in [0.15, 0.2) is 46.9 Å². The van der Waals surface area contributed by atoms with Gasteiger partial charge >= 0.3 is 0 Å². The summed E-state index contributed by atoms with van der Waals surface area (Å²) in [5.41, 5.74) is 1.02. The summed E-state index contributed by atoms with van der Waals surface area (Å²) >= 11 is 0. The lowest BCUT2D eigenvalue weighted by Gasteiger charge is -2.24. The third-order valence-corrected chi connectivity index (χ3v) is 5.85. The van der Waals surface area contributed by atoms with Crippen molar-refractivity contribution < 1.29 is 12.8 Å². The Kier molecular flexibility index (Phi) is 4.56. The van der Waals surface area contributed by atoms with Crippen LogP contribution in [0.25, 0.3) is 11.3 Å². The fourth-order valence-corrected chi connectivity index (χ4v) is 4.68. The molecule has 0 N–H and O–H groups in total. The first-order chi connectivity index (χ1) is 11.1. The zero-order valence-electron chi connectivity index (χ0n) is 12.8. The molecule has 120 valence electrons. The van der Waals surface area contributed by atoms with Crippen molar-refractivity contribution in [1.82, 2.24) is 4.90 Å². The highest BCUT2D eigenvalue weighted by Crippen LogP contribution is 2.24. The Labute approximate surface area is 137 Å². The van der Waals surface area contributed by atoms with E-state index in [1.165, 1.54) is 0 Å². The molecule has 0 spiro atoms. The average molecular weight is 329 g/mol. The van der Waals surface area contributed by atoms with Gasteiger partial charge in [-0.1, -0.05) is 36.3 Å². The van der Waals surface area contributed by atoms with E-state index in [1.807, 2.05) is 47.4 Å². The van der Waals surface area contributed by atoms with Crippen molar-refractivity contribution in [2.75, 3.05) is 18.1 Å². The SMILES string of the molecule is C#CCN(Cc1ccc(-c2ccccc2)o1)[C@H]1CCS(=O)(=O)C1. The monoisotopic (exact) mass is 329 g/mol. The minimum absolute atomic E-state index is 0.0266. The standard InChI is InChI=1S/C18H19NO3S/c1-2-11-19(16-10-12-23(20,21)14-16)13-17-8-9-18(22-17)15-6-4-3-5-7-15/h1,3-9,16H,10-14H2/t16-/m0/s1. The van der Waals surface area contributed by atoms with Gasteiger partial charge in [-0.2, -0.15) is 0 Å². The van der Waals surface area contributed by atoms with Crippen LogP contribution < -0.4 is 0 Å². The summed E-state index contributed by atoms with van der Waals surface area (Å²) < 4.78 is 29.3. The molecule has 1 aliphatic heterocycles. The van der Waals surface area contributed by atoms with E-state index in [-0.39, 0.29) is 17.5 Å². The Hall–Kier alpha value is -2.03. The topological polar surface area (TPSA) is 50.5 Å². The maximum atomic E-state index is 11.7. The highest BCUT2D eigenvalue weighted by atomic mass is 32.2. The van der Waals surface area contributed by atoms with E-state index < -0.39 is 9.84 Å². The minimum atomic E-state index is -2.93. The molecule has 0 unspecified atom stereocenters. The van der Waals surface area contributed by atoms with Crippen LogP contribution >= 0.6 is 0 Å². The van der Waals surface area contributed by atoms with E-state index in [1.54, 1.807) is 0 Å². The molecule has 1 aromatic carbocycles. The Balaban J connectivity index is 1.74. The molecule has 0 bridgehead atoms. The van der Waals surface area contributed by atoms with Crippen LogP contribution in [0.1, 0.15) is 12.2 Å². The van der Waals surface area contributed by atoms with Gasteiger partial charge in [-0.05, 0) is 18.6 Å². The molecular weight excluding hydrogens is 310 g/mol. The van der Waals surface area contributed by atoms with Crippen LogP contribution in [-0.2, 0) is 16.4 Å². The van der Waals surface area contributed by atoms with Gasteiger partial charge in [0.1, 0.15) is 11.5 Å². The molecule has 0 radical (unpaired) electrons. The molecular formula is C18H19NO3S. The first kappa shape index (κ1) is 15.9. The van der Waals surface area contributed by atoms with Gasteiger partial charge in [0.2, 0.25) is 0 Å². The summed E-state index contributed by atoms with van der Waals surface area (Å²) in [5.74, 6) is 4.64. The smallest absolute Gasteiger partial charge is 0.151 e. The number of benzene rings is 1. The second-order valence-electron chi connectivity index (χ2n) is 5.80. The van der Waals surface area contributed by atoms with Crippen LogP contribution in [-0.4, -0.2) is 37.4 Å². The minimum Gasteiger partial charge on any atom is -0.460 e. The number of nitrogens with zero attached hydrogens (tertiary/aromatic N) is 1. The average Bonchev–Trinajstić information content (AvgIpc) is 3.14. The van der Waals surface area contributed by atoms with Crippen molar-refractivity contribution in [2.45, 2.75) is 19.0 Å². The van der Waals surface area contributed by atoms with Crippen LogP contribution in [0.3, 0.4) is 0 Å². The number of rotatable bonds is 5. The first-order valence-corrected chi connectivity index (χ1v) is 9.41. The summed E-state index contributed by atoms with van der Waals surface area (Å²) in [6.45, 7) is 0.943. The van der Waals surface area contributed by atoms with Crippen molar-refractivity contribution in [3.8, 4) is 23.7 Å². The fraction of sp³-hybridized carbons (Fsp3) is 0.333. The summed E-state index contributed by atoms with van der Waals surface area (Å²) in [5, 5.41) is 0. The van der Waals surface area contributed by atoms with E-state index in [4.69, 9.17) is 10.8 Å². The van der Waals surface area contributed by atoms with Crippen molar-refractivity contribution >= 4 is 9.84 Å². The zero-order chi connectivity index (χ0) is 16.3. The van der Waals surface area contributed by atoms with Crippen LogP contribution in [0.5, 0.6) is 0 Å². The molecule has 1 atom stereocenters. The van der Waals surface area contributed by atoms with E-state index in [0.717, 1.165) is 17.1 Å². The number of hydrogen-bond acceptors (Lipinski definition) is 4. The van der Waals surface area contributed by atoms with E-state index in [9.17, 15) is 8.42 Å². The quantitative estimate of drug-likeness (QED) is 0.791. The number of furan rings is 1. The van der Waals surface area contributed by atoms with Gasteiger partial charge in [-0.25, -0.2) is 8.42 Å². The molecule has 1 saturated heterocycles. The maximum absolute atomic E-state index is 11.7. The summed E-state index contributed by atoms with van der Waals surface area (Å²) in [7, 11) is -2.93. The van der Waals surface area contributed by atoms with Gasteiger partial charge in [0.05, 0.1) is 24.6 Å². The molecule has 0 aliphatic carbocycles. The van der Waals surface area contributed by atoms with E-state index in [2.05, 4.69) is 5.92 Å². The predicted octanol–water partition coefficient (Wildman–Crippen LogP) is 2.57. The third-order valence-electron chi connectivity index (χ3n) is 4.10. The van der Waals surface area contributed by atoms with Crippen LogP contribution in [0, 0.1) is 12.3 Å². The van der Waals surface area contributed by atoms with E-state index in [0.29, 0.717) is 19.5 Å². The molecule has 1 aromatic heterocycles. The Morgan fingerprint density at radius 3 is 2.65 bits per heavy atom.